The number of phenolic OH excluding ortho intramolecular Hbond substituents is 1. The zero-order valence-electron chi connectivity index (χ0n) is 11.9. The summed E-state index contributed by atoms with van der Waals surface area (Å²) in [4.78, 5) is 4.16. The van der Waals surface area contributed by atoms with E-state index in [2.05, 4.69) is 40.5 Å². The van der Waals surface area contributed by atoms with Crippen LogP contribution in [0.25, 0.3) is 10.8 Å². The van der Waals surface area contributed by atoms with Crippen molar-refractivity contribution in [3.8, 4) is 5.75 Å². The number of hydrogen-bond donors (Lipinski definition) is 1. The van der Waals surface area contributed by atoms with Gasteiger partial charge in [0.05, 0.1) is 11.7 Å². The number of benzene rings is 3. The second-order valence-electron chi connectivity index (χ2n) is 5.14. The third-order valence-electron chi connectivity index (χ3n) is 3.83. The Labute approximate surface area is 134 Å². The zero-order valence-corrected chi connectivity index (χ0v) is 12.8. The van der Waals surface area contributed by atoms with Crippen molar-refractivity contribution in [2.75, 3.05) is 6.54 Å². The van der Waals surface area contributed by atoms with Crippen LogP contribution < -0.4 is 0 Å². The van der Waals surface area contributed by atoms with Gasteiger partial charge in [-0.05, 0) is 46.2 Å². The molecule has 0 fully saturated rings. The van der Waals surface area contributed by atoms with Crippen LogP contribution in [0.2, 0.25) is 0 Å². The highest BCUT2D eigenvalue weighted by Gasteiger charge is 2.16. The number of rotatable bonds is 4. The van der Waals surface area contributed by atoms with E-state index in [1.165, 1.54) is 16.3 Å². The lowest BCUT2D eigenvalue weighted by Crippen LogP contribution is -2.05. The highest BCUT2D eigenvalue weighted by atomic mass is 32.1. The number of hydrogen-bond acceptors (Lipinski definition) is 3. The molecule has 0 spiro atoms. The van der Waals surface area contributed by atoms with Crippen LogP contribution in [-0.4, -0.2) is 16.8 Å². The van der Waals surface area contributed by atoms with Gasteiger partial charge in [-0.25, -0.2) is 4.99 Å². The minimum absolute atomic E-state index is 0.0853. The van der Waals surface area contributed by atoms with Gasteiger partial charge in [-0.3, -0.25) is 0 Å². The average molecular weight is 305 g/mol. The number of aromatic hydroxyl groups is 1. The molecule has 108 valence electrons. The molecule has 3 aromatic carbocycles. The van der Waals surface area contributed by atoms with Gasteiger partial charge in [0.2, 0.25) is 0 Å². The fourth-order valence-electron chi connectivity index (χ4n) is 2.77. The molecule has 1 atom stereocenters. The van der Waals surface area contributed by atoms with E-state index in [-0.39, 0.29) is 11.7 Å². The summed E-state index contributed by atoms with van der Waals surface area (Å²) in [7, 11) is 0. The molecule has 0 unspecified atom stereocenters. The lowest BCUT2D eigenvalue weighted by atomic mass is 9.88. The van der Waals surface area contributed by atoms with E-state index in [1.807, 2.05) is 24.3 Å². The number of phenols is 1. The van der Waals surface area contributed by atoms with Gasteiger partial charge in [-0.1, -0.05) is 54.6 Å². The molecule has 2 nitrogen and oxygen atoms in total. The summed E-state index contributed by atoms with van der Waals surface area (Å²) in [5, 5.41) is 14.4. The molecule has 3 rings (SSSR count). The third kappa shape index (κ3) is 2.91. The summed E-state index contributed by atoms with van der Waals surface area (Å²) in [6.07, 6.45) is 0. The van der Waals surface area contributed by atoms with Gasteiger partial charge in [0.1, 0.15) is 5.75 Å². The van der Waals surface area contributed by atoms with Crippen LogP contribution in [0.1, 0.15) is 17.0 Å². The van der Waals surface area contributed by atoms with Crippen LogP contribution in [0, 0.1) is 0 Å². The number of thiocarbonyl (C=S) groups is 1. The summed E-state index contributed by atoms with van der Waals surface area (Å²) < 4.78 is 0. The number of nitrogens with zero attached hydrogens (tertiary/aromatic N) is 1. The van der Waals surface area contributed by atoms with Crippen LogP contribution in [0.4, 0.5) is 0 Å². The van der Waals surface area contributed by atoms with Crippen LogP contribution in [0.3, 0.4) is 0 Å². The smallest absolute Gasteiger partial charge is 0.115 e. The molecule has 0 aliphatic carbocycles. The van der Waals surface area contributed by atoms with Gasteiger partial charge in [-0.15, -0.1) is 0 Å². The quantitative estimate of drug-likeness (QED) is 0.556. The van der Waals surface area contributed by atoms with Gasteiger partial charge in [0.15, 0.2) is 0 Å². The molecule has 0 saturated heterocycles. The topological polar surface area (TPSA) is 32.6 Å². The summed E-state index contributed by atoms with van der Waals surface area (Å²) in [5.74, 6) is 0.348. The van der Waals surface area contributed by atoms with E-state index in [1.54, 1.807) is 12.1 Å². The average Bonchev–Trinajstić information content (AvgIpc) is 2.57. The molecule has 0 aliphatic heterocycles. The molecule has 0 heterocycles. The van der Waals surface area contributed by atoms with Crippen molar-refractivity contribution in [3.05, 3.63) is 77.9 Å². The predicted molar refractivity (Wildman–Crippen MR) is 93.8 cm³/mol. The van der Waals surface area contributed by atoms with Crippen molar-refractivity contribution in [2.24, 2.45) is 4.99 Å². The predicted octanol–water partition coefficient (Wildman–Crippen LogP) is 4.78. The number of aliphatic imine (C=N–C) groups is 1. The molecule has 0 bridgehead atoms. The van der Waals surface area contributed by atoms with Crippen molar-refractivity contribution in [2.45, 2.75) is 5.92 Å². The fourth-order valence-corrected chi connectivity index (χ4v) is 2.85. The van der Waals surface area contributed by atoms with Crippen LogP contribution in [0.5, 0.6) is 5.75 Å². The third-order valence-corrected chi connectivity index (χ3v) is 3.96. The first-order valence-corrected chi connectivity index (χ1v) is 7.50. The molecule has 0 amide bonds. The standard InChI is InChI=1S/C19H15NOS/c21-16-10-8-15(9-11-16)19(12-20-13-22)18-7-3-5-14-4-1-2-6-17(14)18/h1-11,19,21H,12H2/t19-/m1/s1. The van der Waals surface area contributed by atoms with Crippen molar-refractivity contribution < 1.29 is 5.11 Å². The van der Waals surface area contributed by atoms with Crippen LogP contribution in [0.15, 0.2) is 71.7 Å². The molecule has 0 aromatic heterocycles. The maximum atomic E-state index is 9.50. The Hall–Kier alpha value is -2.48. The van der Waals surface area contributed by atoms with Crippen molar-refractivity contribution in [1.82, 2.24) is 0 Å². The number of isothiocyanates is 1. The first kappa shape index (κ1) is 14.5. The molecule has 3 heteroatoms. The Bertz CT molecular complexity index is 830. The van der Waals surface area contributed by atoms with Crippen LogP contribution >= 0.6 is 12.2 Å². The molecule has 0 saturated carbocycles. The Morgan fingerprint density at radius 1 is 0.955 bits per heavy atom. The Morgan fingerprint density at radius 2 is 1.68 bits per heavy atom. The van der Waals surface area contributed by atoms with Gasteiger partial charge >= 0.3 is 0 Å². The van der Waals surface area contributed by atoms with Crippen molar-refractivity contribution in [3.63, 3.8) is 0 Å². The molecule has 1 N–H and O–H groups in total. The maximum absolute atomic E-state index is 9.50. The zero-order chi connectivity index (χ0) is 15.4. The fraction of sp³-hybridized carbons (Fsp3) is 0.105. The first-order chi connectivity index (χ1) is 10.8. The van der Waals surface area contributed by atoms with Gasteiger partial charge in [-0.2, -0.15) is 0 Å². The molecule has 3 aromatic rings. The molecular weight excluding hydrogens is 290 g/mol. The van der Waals surface area contributed by atoms with Crippen molar-refractivity contribution in [1.29, 1.82) is 0 Å². The first-order valence-electron chi connectivity index (χ1n) is 7.10. The second-order valence-corrected chi connectivity index (χ2v) is 5.33. The van der Waals surface area contributed by atoms with Crippen molar-refractivity contribution >= 4 is 28.2 Å². The van der Waals surface area contributed by atoms with E-state index >= 15 is 0 Å². The van der Waals surface area contributed by atoms with E-state index in [0.29, 0.717) is 6.54 Å². The molecule has 0 aliphatic rings. The highest BCUT2D eigenvalue weighted by Crippen LogP contribution is 2.31. The minimum atomic E-state index is 0.0853. The van der Waals surface area contributed by atoms with E-state index in [9.17, 15) is 5.11 Å². The lowest BCUT2D eigenvalue weighted by molar-refractivity contribution is 0.475. The van der Waals surface area contributed by atoms with E-state index < -0.39 is 0 Å². The van der Waals surface area contributed by atoms with E-state index in [4.69, 9.17) is 12.2 Å². The largest absolute Gasteiger partial charge is 0.508 e. The summed E-state index contributed by atoms with van der Waals surface area (Å²) >= 11 is 4.73. The van der Waals surface area contributed by atoms with Crippen LogP contribution in [-0.2, 0) is 0 Å². The Kier molecular flexibility index (Phi) is 4.29. The van der Waals surface area contributed by atoms with E-state index in [0.717, 1.165) is 5.56 Å². The Morgan fingerprint density at radius 3 is 2.45 bits per heavy atom. The van der Waals surface area contributed by atoms with Gasteiger partial charge in [0, 0.05) is 5.92 Å². The molecule has 22 heavy (non-hydrogen) atoms. The summed E-state index contributed by atoms with van der Waals surface area (Å²) in [6, 6.07) is 21.9. The van der Waals surface area contributed by atoms with Gasteiger partial charge in [0.25, 0.3) is 0 Å². The lowest BCUT2D eigenvalue weighted by Gasteiger charge is -2.18. The molecular formula is C19H15NOS. The SMILES string of the molecule is Oc1ccc([C@@H](CN=C=S)c2cccc3ccccc23)cc1. The second kappa shape index (κ2) is 6.52. The maximum Gasteiger partial charge on any atom is 0.115 e. The highest BCUT2D eigenvalue weighted by molar-refractivity contribution is 7.78. The number of fused-ring (bicyclic) bond motifs is 1. The minimum Gasteiger partial charge on any atom is -0.508 e. The Balaban J connectivity index is 2.15. The summed E-state index contributed by atoms with van der Waals surface area (Å²) in [6.45, 7) is 0.544. The monoisotopic (exact) mass is 305 g/mol. The summed E-state index contributed by atoms with van der Waals surface area (Å²) in [5.41, 5.74) is 2.31. The molecule has 0 radical (unpaired) electrons. The normalized spacial score (nSPS) is 11.8. The van der Waals surface area contributed by atoms with Gasteiger partial charge < -0.3 is 5.11 Å².